The van der Waals surface area contributed by atoms with Crippen LogP contribution in [0.1, 0.15) is 12.8 Å². The maximum atomic E-state index is 11.9. The number of pyridine rings is 1. The smallest absolute Gasteiger partial charge is 0.128 e. The van der Waals surface area contributed by atoms with Gasteiger partial charge in [-0.25, -0.2) is 9.37 Å². The molecule has 0 radical (unpaired) electrons. The van der Waals surface area contributed by atoms with Gasteiger partial charge >= 0.3 is 0 Å². The summed E-state index contributed by atoms with van der Waals surface area (Å²) in [6, 6.07) is 14.0. The first-order chi connectivity index (χ1) is 10.7. The number of aliphatic hydroxyl groups excluding tert-OH is 1. The molecule has 1 aromatic carbocycles. The number of benzene rings is 1. The van der Waals surface area contributed by atoms with Crippen molar-refractivity contribution in [2.75, 3.05) is 18.0 Å². The second-order valence-electron chi connectivity index (χ2n) is 6.03. The van der Waals surface area contributed by atoms with Gasteiger partial charge in [-0.2, -0.15) is 0 Å². The van der Waals surface area contributed by atoms with Gasteiger partial charge in [-0.3, -0.25) is 0 Å². The van der Waals surface area contributed by atoms with E-state index in [1.165, 1.54) is 12.1 Å². The molecule has 4 heteroatoms. The summed E-state index contributed by atoms with van der Waals surface area (Å²) in [6.45, 7) is 2.14. The molecule has 4 rings (SSSR count). The fourth-order valence-corrected chi connectivity index (χ4v) is 3.41. The molecular formula is C18H21FN2O. The Labute approximate surface area is 130 Å². The Morgan fingerprint density at radius 3 is 2.09 bits per heavy atom. The first-order valence-corrected chi connectivity index (χ1v) is 7.77. The minimum atomic E-state index is -0.178. The lowest BCUT2D eigenvalue weighted by molar-refractivity contribution is 0.174. The van der Waals surface area contributed by atoms with Gasteiger partial charge in [0.2, 0.25) is 0 Å². The molecule has 0 bridgehead atoms. The summed E-state index contributed by atoms with van der Waals surface area (Å²) >= 11 is 0. The summed E-state index contributed by atoms with van der Waals surface area (Å²) in [6.07, 6.45) is 3.76. The van der Waals surface area contributed by atoms with E-state index in [-0.39, 0.29) is 11.9 Å². The Morgan fingerprint density at radius 2 is 1.59 bits per heavy atom. The van der Waals surface area contributed by atoms with Crippen molar-refractivity contribution in [1.29, 1.82) is 0 Å². The summed E-state index contributed by atoms with van der Waals surface area (Å²) < 4.78 is 11.9. The lowest BCUT2D eigenvalue weighted by atomic mass is 10.0. The molecular weight excluding hydrogens is 279 g/mol. The number of aliphatic hydroxyl groups is 1. The predicted octanol–water partition coefficient (Wildman–Crippen LogP) is 3.11. The number of anilines is 1. The highest BCUT2D eigenvalue weighted by atomic mass is 19.1. The van der Waals surface area contributed by atoms with Crippen molar-refractivity contribution in [3.8, 4) is 0 Å². The largest absolute Gasteiger partial charge is 0.393 e. The van der Waals surface area contributed by atoms with E-state index in [1.807, 2.05) is 18.3 Å². The SMILES string of the molecule is Fc1ccccc1.OC1C[C@@H]2CN(c3ccccn3)C[C@@H]2C1. The number of halogens is 1. The standard InChI is InChI=1S/C12H16N2O.C6H5F/c15-11-5-9-7-14(8-10(9)6-11)12-3-1-2-4-13-12;7-6-4-2-1-3-5-6/h1-4,9-11,15H,5-8H2;1-5H/t9-,10+,11?;. The molecule has 3 atom stereocenters. The van der Waals surface area contributed by atoms with Crippen LogP contribution in [0.25, 0.3) is 0 Å². The zero-order valence-corrected chi connectivity index (χ0v) is 12.5. The average Bonchev–Trinajstić information content (AvgIpc) is 3.07. The van der Waals surface area contributed by atoms with Crippen LogP contribution in [-0.4, -0.2) is 29.3 Å². The zero-order valence-electron chi connectivity index (χ0n) is 12.5. The predicted molar refractivity (Wildman–Crippen MR) is 85.1 cm³/mol. The molecule has 1 aromatic heterocycles. The highest BCUT2D eigenvalue weighted by Crippen LogP contribution is 2.39. The second-order valence-corrected chi connectivity index (χ2v) is 6.03. The summed E-state index contributed by atoms with van der Waals surface area (Å²) in [4.78, 5) is 6.72. The van der Waals surface area contributed by atoms with Crippen molar-refractivity contribution in [3.05, 3.63) is 60.5 Å². The fraction of sp³-hybridized carbons (Fsp3) is 0.389. The van der Waals surface area contributed by atoms with Gasteiger partial charge in [-0.15, -0.1) is 0 Å². The van der Waals surface area contributed by atoms with Crippen LogP contribution in [0, 0.1) is 17.7 Å². The van der Waals surface area contributed by atoms with Crippen LogP contribution in [0.15, 0.2) is 54.7 Å². The van der Waals surface area contributed by atoms with E-state index in [0.29, 0.717) is 11.8 Å². The topological polar surface area (TPSA) is 36.4 Å². The first-order valence-electron chi connectivity index (χ1n) is 7.77. The second kappa shape index (κ2) is 6.88. The molecule has 1 saturated carbocycles. The van der Waals surface area contributed by atoms with Gasteiger partial charge in [0.05, 0.1) is 6.10 Å². The van der Waals surface area contributed by atoms with E-state index in [4.69, 9.17) is 0 Å². The Bertz CT molecular complexity index is 564. The molecule has 116 valence electrons. The van der Waals surface area contributed by atoms with E-state index < -0.39 is 0 Å². The molecule has 1 saturated heterocycles. The normalized spacial score (nSPS) is 26.3. The van der Waals surface area contributed by atoms with Crippen molar-refractivity contribution >= 4 is 5.82 Å². The molecule has 2 heterocycles. The van der Waals surface area contributed by atoms with Crippen LogP contribution in [0.2, 0.25) is 0 Å². The molecule has 1 unspecified atom stereocenters. The van der Waals surface area contributed by atoms with E-state index in [1.54, 1.807) is 18.2 Å². The molecule has 2 aromatic rings. The molecule has 1 N–H and O–H groups in total. The molecule has 2 fully saturated rings. The maximum Gasteiger partial charge on any atom is 0.128 e. The number of hydrogen-bond donors (Lipinski definition) is 1. The van der Waals surface area contributed by atoms with Gasteiger partial charge in [-0.05, 0) is 48.9 Å². The third-order valence-corrected chi connectivity index (χ3v) is 4.43. The third kappa shape index (κ3) is 3.63. The average molecular weight is 300 g/mol. The minimum absolute atomic E-state index is 0.0501. The Hall–Kier alpha value is -1.94. The Morgan fingerprint density at radius 1 is 0.955 bits per heavy atom. The highest BCUT2D eigenvalue weighted by Gasteiger charge is 2.40. The molecule has 0 amide bonds. The van der Waals surface area contributed by atoms with Crippen molar-refractivity contribution in [3.63, 3.8) is 0 Å². The number of fused-ring (bicyclic) bond motifs is 1. The third-order valence-electron chi connectivity index (χ3n) is 4.43. The first kappa shape index (κ1) is 15.0. The molecule has 3 nitrogen and oxygen atoms in total. The van der Waals surface area contributed by atoms with Crippen LogP contribution in [-0.2, 0) is 0 Å². The molecule has 2 aliphatic rings. The highest BCUT2D eigenvalue weighted by molar-refractivity contribution is 5.39. The van der Waals surface area contributed by atoms with Crippen LogP contribution >= 0.6 is 0 Å². The Balaban J connectivity index is 0.000000174. The summed E-state index contributed by atoms with van der Waals surface area (Å²) in [5.41, 5.74) is 0. The number of nitrogens with zero attached hydrogens (tertiary/aromatic N) is 2. The van der Waals surface area contributed by atoms with Crippen molar-refractivity contribution in [2.24, 2.45) is 11.8 Å². The van der Waals surface area contributed by atoms with Crippen LogP contribution < -0.4 is 4.90 Å². The minimum Gasteiger partial charge on any atom is -0.393 e. The van der Waals surface area contributed by atoms with Crippen molar-refractivity contribution in [2.45, 2.75) is 18.9 Å². The van der Waals surface area contributed by atoms with E-state index >= 15 is 0 Å². The van der Waals surface area contributed by atoms with Crippen LogP contribution in [0.4, 0.5) is 10.2 Å². The van der Waals surface area contributed by atoms with Crippen LogP contribution in [0.5, 0.6) is 0 Å². The summed E-state index contributed by atoms with van der Waals surface area (Å²) in [7, 11) is 0. The molecule has 1 aliphatic heterocycles. The van der Waals surface area contributed by atoms with Crippen molar-refractivity contribution in [1.82, 2.24) is 4.98 Å². The van der Waals surface area contributed by atoms with E-state index in [2.05, 4.69) is 16.0 Å². The molecule has 0 spiro atoms. The van der Waals surface area contributed by atoms with Gasteiger partial charge in [0, 0.05) is 19.3 Å². The van der Waals surface area contributed by atoms with Gasteiger partial charge in [0.25, 0.3) is 0 Å². The quantitative estimate of drug-likeness (QED) is 0.879. The Kier molecular flexibility index (Phi) is 4.68. The maximum absolute atomic E-state index is 11.9. The van der Waals surface area contributed by atoms with Gasteiger partial charge in [0.1, 0.15) is 11.6 Å². The van der Waals surface area contributed by atoms with E-state index in [9.17, 15) is 9.50 Å². The fourth-order valence-electron chi connectivity index (χ4n) is 3.41. The molecule has 1 aliphatic carbocycles. The van der Waals surface area contributed by atoms with Gasteiger partial charge in [0.15, 0.2) is 0 Å². The van der Waals surface area contributed by atoms with Gasteiger partial charge < -0.3 is 10.0 Å². The molecule has 22 heavy (non-hydrogen) atoms. The lowest BCUT2D eigenvalue weighted by Gasteiger charge is -2.18. The van der Waals surface area contributed by atoms with Crippen molar-refractivity contribution < 1.29 is 9.50 Å². The summed E-state index contributed by atoms with van der Waals surface area (Å²) in [5, 5.41) is 9.56. The van der Waals surface area contributed by atoms with E-state index in [0.717, 1.165) is 31.7 Å². The van der Waals surface area contributed by atoms with Gasteiger partial charge in [-0.1, -0.05) is 24.3 Å². The summed E-state index contributed by atoms with van der Waals surface area (Å²) in [5.74, 6) is 2.27. The number of rotatable bonds is 1. The lowest BCUT2D eigenvalue weighted by Crippen LogP contribution is -2.23. The van der Waals surface area contributed by atoms with Crippen LogP contribution in [0.3, 0.4) is 0 Å². The zero-order chi connectivity index (χ0) is 15.4. The number of hydrogen-bond acceptors (Lipinski definition) is 3. The monoisotopic (exact) mass is 300 g/mol. The number of aromatic nitrogens is 1.